The summed E-state index contributed by atoms with van der Waals surface area (Å²) in [4.78, 5) is 0. The highest BCUT2D eigenvalue weighted by molar-refractivity contribution is 5.96. The molecule has 3 aliphatic rings. The molecule has 11 rings (SSSR count). The zero-order valence-electron chi connectivity index (χ0n) is 44.6. The minimum Gasteiger partial charge on any atom is -0.399 e. The van der Waals surface area contributed by atoms with Crippen molar-refractivity contribution in [3.05, 3.63) is 313 Å². The van der Waals surface area contributed by atoms with Gasteiger partial charge in [0.1, 0.15) is 0 Å². The van der Waals surface area contributed by atoms with Crippen LogP contribution in [0.15, 0.2) is 263 Å². The Kier molecular flexibility index (Phi) is 16.9. The van der Waals surface area contributed by atoms with Gasteiger partial charge in [-0.25, -0.2) is 0 Å². The summed E-state index contributed by atoms with van der Waals surface area (Å²) in [6.45, 7) is 24.7. The molecule has 8 aromatic carbocycles. The van der Waals surface area contributed by atoms with Crippen molar-refractivity contribution in [2.24, 2.45) is 5.92 Å². The number of hydrogen-bond donors (Lipinski definition) is 2. The molecule has 1 atom stereocenters. The van der Waals surface area contributed by atoms with Crippen LogP contribution in [0.2, 0.25) is 0 Å². The molecule has 1 spiro atoms. The zero-order valence-corrected chi connectivity index (χ0v) is 44.6. The van der Waals surface area contributed by atoms with Gasteiger partial charge in [-0.15, -0.1) is 19.7 Å². The molecular weight excluding hydrogens is 905 g/mol. The predicted molar refractivity (Wildman–Crippen MR) is 327 cm³/mol. The van der Waals surface area contributed by atoms with Crippen molar-refractivity contribution >= 4 is 23.0 Å². The number of aryl methyl sites for hydroxylation is 1. The molecule has 0 bridgehead atoms. The minimum absolute atomic E-state index is 0.0787. The van der Waals surface area contributed by atoms with E-state index < -0.39 is 0 Å². The normalized spacial score (nSPS) is 14.9. The van der Waals surface area contributed by atoms with Gasteiger partial charge in [0.15, 0.2) is 0 Å². The topological polar surface area (TPSA) is 38.0 Å². The van der Waals surface area contributed by atoms with Crippen LogP contribution in [0.5, 0.6) is 0 Å². The molecule has 75 heavy (non-hydrogen) atoms. The van der Waals surface area contributed by atoms with Crippen LogP contribution in [0, 0.1) is 12.8 Å². The van der Waals surface area contributed by atoms with Crippen LogP contribution in [0.1, 0.15) is 97.0 Å². The van der Waals surface area contributed by atoms with E-state index in [1.807, 2.05) is 30.4 Å². The Morgan fingerprint density at radius 1 is 0.640 bits per heavy atom. The summed E-state index contributed by atoms with van der Waals surface area (Å²) in [5, 5.41) is 3.56. The van der Waals surface area contributed by atoms with Crippen molar-refractivity contribution in [3.63, 3.8) is 0 Å². The van der Waals surface area contributed by atoms with E-state index in [-0.39, 0.29) is 10.8 Å². The van der Waals surface area contributed by atoms with Gasteiger partial charge in [-0.05, 0) is 145 Å². The largest absolute Gasteiger partial charge is 0.399 e. The van der Waals surface area contributed by atoms with Crippen molar-refractivity contribution in [1.29, 1.82) is 0 Å². The van der Waals surface area contributed by atoms with E-state index in [0.717, 1.165) is 29.8 Å². The molecule has 1 unspecified atom stereocenters. The summed E-state index contributed by atoms with van der Waals surface area (Å²) in [5.41, 5.74) is 29.3. The maximum absolute atomic E-state index is 6.04. The molecular formula is C73H72N2. The molecule has 0 aromatic heterocycles. The lowest BCUT2D eigenvalue weighted by atomic mass is 9.55. The molecule has 374 valence electrons. The lowest BCUT2D eigenvalue weighted by Gasteiger charge is -2.46. The summed E-state index contributed by atoms with van der Waals surface area (Å²) in [6.07, 6.45) is 20.3. The van der Waals surface area contributed by atoms with E-state index in [0.29, 0.717) is 5.92 Å². The van der Waals surface area contributed by atoms with Gasteiger partial charge in [0.25, 0.3) is 0 Å². The summed E-state index contributed by atoms with van der Waals surface area (Å²) >= 11 is 0. The number of allylic oxidation sites excluding steroid dienone is 8. The Morgan fingerprint density at radius 3 is 1.80 bits per heavy atom. The lowest BCUT2D eigenvalue weighted by Crippen LogP contribution is -2.40. The number of fused-ring (bicyclic) bond motifs is 9. The fourth-order valence-electron chi connectivity index (χ4n) is 11.0. The average Bonchev–Trinajstić information content (AvgIpc) is 3.88. The molecule has 0 amide bonds. The van der Waals surface area contributed by atoms with Gasteiger partial charge >= 0.3 is 0 Å². The SMILES string of the molecule is C=C.C=C/C=C(\C=C/c1ccc(-c2ccccc2)cc1)c1ccc(NC2=CCC(C)C=C2)c(C)c1.C=CCCC.CC1(C)c2ccccc2C2(c3ccccc3-c3c(-c4ccc(N)cc4)cccc32)c2ccccc21. The van der Waals surface area contributed by atoms with Gasteiger partial charge in [-0.1, -0.05) is 247 Å². The van der Waals surface area contributed by atoms with Gasteiger partial charge in [-0.3, -0.25) is 0 Å². The lowest BCUT2D eigenvalue weighted by molar-refractivity contribution is 0.563. The first kappa shape index (κ1) is 52.9. The van der Waals surface area contributed by atoms with Crippen LogP contribution < -0.4 is 11.1 Å². The monoisotopic (exact) mass is 977 g/mol. The van der Waals surface area contributed by atoms with E-state index in [4.69, 9.17) is 5.73 Å². The molecule has 0 heterocycles. The number of benzene rings is 8. The predicted octanol–water partition coefficient (Wildman–Crippen LogP) is 19.5. The maximum Gasteiger partial charge on any atom is 0.0719 e. The average molecular weight is 977 g/mol. The van der Waals surface area contributed by atoms with Gasteiger partial charge < -0.3 is 11.1 Å². The molecule has 3 N–H and O–H groups in total. The number of nitrogen functional groups attached to an aromatic ring is 1. The number of nitrogens with two attached hydrogens (primary N) is 1. The number of nitrogens with one attached hydrogen (secondary N) is 1. The summed E-state index contributed by atoms with van der Waals surface area (Å²) in [7, 11) is 0. The third-order valence-electron chi connectivity index (χ3n) is 14.7. The molecule has 0 aliphatic heterocycles. The van der Waals surface area contributed by atoms with Gasteiger partial charge in [0, 0.05) is 22.5 Å². The third kappa shape index (κ3) is 10.9. The van der Waals surface area contributed by atoms with Gasteiger partial charge in [0.05, 0.1) is 5.41 Å². The standard InChI is InChI=1S/C34H27N.C32H31N.C5H10.C2H4/c1-33(2)27-13-5-7-15-29(27)34(30-16-8-6-14-28(30)33)26-12-4-3-10-25(26)32-24(11-9-17-31(32)34)22-18-20-23(35)21-19-22;1-4-8-27(16-13-26-14-17-29(18-15-26)28-9-6-5-7-10-28)30-19-22-32(25(3)23-30)33-31-20-11-24(2)12-21-31;1-3-5-4-2;1-2/h3-21H,35H2,1-2H3;4-11,13-24,33H,1,12H2,2-3H3;3H,1,4-5H2,2H3;1-2H2/b;16-13-,27-8+;;. The molecule has 0 radical (unpaired) electrons. The molecule has 2 heteroatoms. The molecule has 0 fully saturated rings. The van der Waals surface area contributed by atoms with Crippen LogP contribution in [-0.4, -0.2) is 0 Å². The second-order valence-electron chi connectivity index (χ2n) is 20.0. The van der Waals surface area contributed by atoms with Crippen LogP contribution in [-0.2, 0) is 10.8 Å². The minimum atomic E-state index is -0.349. The number of rotatable bonds is 10. The molecule has 0 saturated carbocycles. The Bertz CT molecular complexity index is 3340. The third-order valence-corrected chi connectivity index (χ3v) is 14.7. The molecule has 0 saturated heterocycles. The Morgan fingerprint density at radius 2 is 1.21 bits per heavy atom. The zero-order chi connectivity index (χ0) is 53.0. The highest BCUT2D eigenvalue weighted by atomic mass is 14.9. The van der Waals surface area contributed by atoms with Crippen molar-refractivity contribution in [1.82, 2.24) is 0 Å². The van der Waals surface area contributed by atoms with Gasteiger partial charge in [0.2, 0.25) is 0 Å². The molecule has 2 nitrogen and oxygen atoms in total. The Hall–Kier alpha value is -8.46. The first-order valence-electron chi connectivity index (χ1n) is 26.4. The second kappa shape index (κ2) is 24.1. The maximum atomic E-state index is 6.04. The van der Waals surface area contributed by atoms with Crippen LogP contribution in [0.3, 0.4) is 0 Å². The van der Waals surface area contributed by atoms with Crippen molar-refractivity contribution in [2.75, 3.05) is 11.1 Å². The van der Waals surface area contributed by atoms with Crippen LogP contribution >= 0.6 is 0 Å². The van der Waals surface area contributed by atoms with Crippen molar-refractivity contribution < 1.29 is 0 Å². The smallest absolute Gasteiger partial charge is 0.0719 e. The van der Waals surface area contributed by atoms with E-state index in [1.54, 1.807) is 0 Å². The van der Waals surface area contributed by atoms with Gasteiger partial charge in [-0.2, -0.15) is 0 Å². The Balaban J connectivity index is 0.000000178. The Labute approximate surface area is 448 Å². The van der Waals surface area contributed by atoms with Crippen molar-refractivity contribution in [3.8, 4) is 33.4 Å². The first-order valence-corrected chi connectivity index (χ1v) is 26.4. The number of unbranched alkanes of at least 4 members (excludes halogenated alkanes) is 1. The van der Waals surface area contributed by atoms with Crippen LogP contribution in [0.25, 0.3) is 45.0 Å². The number of hydrogen-bond acceptors (Lipinski definition) is 2. The highest BCUT2D eigenvalue weighted by Gasteiger charge is 2.53. The summed E-state index contributed by atoms with van der Waals surface area (Å²) in [5.74, 6) is 0.618. The van der Waals surface area contributed by atoms with E-state index in [2.05, 4.69) is 273 Å². The van der Waals surface area contributed by atoms with E-state index >= 15 is 0 Å². The summed E-state index contributed by atoms with van der Waals surface area (Å²) < 4.78 is 0. The fourth-order valence-corrected chi connectivity index (χ4v) is 11.0. The van der Waals surface area contributed by atoms with Crippen molar-refractivity contribution in [2.45, 2.75) is 64.7 Å². The second-order valence-corrected chi connectivity index (χ2v) is 20.0. The quantitative estimate of drug-likeness (QED) is 0.0814. The highest BCUT2D eigenvalue weighted by Crippen LogP contribution is 2.63. The first-order chi connectivity index (χ1) is 36.6. The van der Waals surface area contributed by atoms with E-state index in [9.17, 15) is 0 Å². The fraction of sp³-hybridized carbons (Fsp3) is 0.151. The van der Waals surface area contributed by atoms with E-state index in [1.165, 1.54) is 95.6 Å². The molecule has 8 aromatic rings. The summed E-state index contributed by atoms with van der Waals surface area (Å²) in [6, 6.07) is 68.0. The number of anilines is 2. The molecule has 3 aliphatic carbocycles. The van der Waals surface area contributed by atoms with Crippen LogP contribution in [0.4, 0.5) is 11.4 Å².